The molecule has 1 aromatic rings. The van der Waals surface area contributed by atoms with Gasteiger partial charge in [0.2, 0.25) is 0 Å². The van der Waals surface area contributed by atoms with Crippen molar-refractivity contribution in [1.82, 2.24) is 4.98 Å². The molecule has 0 saturated carbocycles. The number of aromatic nitrogens is 1. The number of nitrogens with one attached hydrogen (secondary N) is 1. The van der Waals surface area contributed by atoms with E-state index in [1.54, 1.807) is 12.3 Å². The van der Waals surface area contributed by atoms with E-state index in [9.17, 15) is 9.59 Å². The van der Waals surface area contributed by atoms with Gasteiger partial charge in [-0.2, -0.15) is 0 Å². The Labute approximate surface area is 81.9 Å². The van der Waals surface area contributed by atoms with Gasteiger partial charge in [-0.1, -0.05) is 13.8 Å². The summed E-state index contributed by atoms with van der Waals surface area (Å²) in [4.78, 5) is 24.6. The lowest BCUT2D eigenvalue weighted by Gasteiger charge is -1.98. The first kappa shape index (κ1) is 10.5. The molecule has 0 amide bonds. The minimum Gasteiger partial charge on any atom is -0.481 e. The van der Waals surface area contributed by atoms with Gasteiger partial charge in [0, 0.05) is 23.4 Å². The molecular weight excluding hydrogens is 182 g/mol. The fourth-order valence-electron chi connectivity index (χ4n) is 1.18. The fraction of sp³-hybridized carbons (Fsp3) is 0.400. The summed E-state index contributed by atoms with van der Waals surface area (Å²) >= 11 is 0. The van der Waals surface area contributed by atoms with Crippen LogP contribution in [0.3, 0.4) is 0 Å². The number of carboxylic acids is 1. The van der Waals surface area contributed by atoms with Gasteiger partial charge < -0.3 is 10.1 Å². The standard InChI is InChI=1S/C10H13NO3/c1-6(2)10(14)7-3-8(11-5-7)4-9(12)13/h3,5-6,11H,4H2,1-2H3,(H,12,13). The van der Waals surface area contributed by atoms with E-state index in [0.29, 0.717) is 11.3 Å². The highest BCUT2D eigenvalue weighted by molar-refractivity contribution is 5.97. The molecule has 0 aliphatic carbocycles. The Balaban J connectivity index is 2.77. The van der Waals surface area contributed by atoms with Crippen molar-refractivity contribution in [1.29, 1.82) is 0 Å². The predicted octanol–water partition coefficient (Wildman–Crippen LogP) is 1.48. The van der Waals surface area contributed by atoms with Gasteiger partial charge >= 0.3 is 5.97 Å². The molecule has 0 atom stereocenters. The molecule has 0 radical (unpaired) electrons. The smallest absolute Gasteiger partial charge is 0.309 e. The summed E-state index contributed by atoms with van der Waals surface area (Å²) in [6.45, 7) is 3.62. The van der Waals surface area contributed by atoms with Crippen LogP contribution in [0.5, 0.6) is 0 Å². The largest absolute Gasteiger partial charge is 0.481 e. The maximum atomic E-state index is 11.5. The van der Waals surface area contributed by atoms with Crippen molar-refractivity contribution in [2.45, 2.75) is 20.3 Å². The molecule has 4 heteroatoms. The van der Waals surface area contributed by atoms with Crippen LogP contribution in [-0.4, -0.2) is 21.8 Å². The number of aromatic amines is 1. The molecule has 0 saturated heterocycles. The van der Waals surface area contributed by atoms with Crippen LogP contribution in [-0.2, 0) is 11.2 Å². The second-order valence-corrected chi connectivity index (χ2v) is 3.50. The first-order valence-electron chi connectivity index (χ1n) is 4.44. The number of Topliss-reactive ketones (excluding diaryl/α,β-unsaturated/α-hetero) is 1. The number of hydrogen-bond acceptors (Lipinski definition) is 2. The molecule has 0 fully saturated rings. The van der Waals surface area contributed by atoms with Gasteiger partial charge in [0.25, 0.3) is 0 Å². The van der Waals surface area contributed by atoms with E-state index in [-0.39, 0.29) is 18.1 Å². The third-order valence-corrected chi connectivity index (χ3v) is 1.89. The lowest BCUT2D eigenvalue weighted by Crippen LogP contribution is -2.05. The number of carbonyl (C=O) groups excluding carboxylic acids is 1. The zero-order valence-electron chi connectivity index (χ0n) is 8.20. The van der Waals surface area contributed by atoms with E-state index in [1.165, 1.54) is 0 Å². The van der Waals surface area contributed by atoms with Crippen molar-refractivity contribution in [2.75, 3.05) is 0 Å². The van der Waals surface area contributed by atoms with Crippen LogP contribution < -0.4 is 0 Å². The zero-order valence-corrected chi connectivity index (χ0v) is 8.20. The Morgan fingerprint density at radius 2 is 2.14 bits per heavy atom. The lowest BCUT2D eigenvalue weighted by atomic mass is 10.0. The molecule has 0 aliphatic rings. The molecule has 0 aliphatic heterocycles. The molecule has 0 aromatic carbocycles. The molecule has 14 heavy (non-hydrogen) atoms. The van der Waals surface area contributed by atoms with Crippen molar-refractivity contribution in [3.05, 3.63) is 23.5 Å². The van der Waals surface area contributed by atoms with Crippen molar-refractivity contribution in [3.8, 4) is 0 Å². The molecule has 1 rings (SSSR count). The maximum absolute atomic E-state index is 11.5. The summed E-state index contributed by atoms with van der Waals surface area (Å²) in [7, 11) is 0. The Hall–Kier alpha value is -1.58. The van der Waals surface area contributed by atoms with Crippen molar-refractivity contribution in [3.63, 3.8) is 0 Å². The minimum atomic E-state index is -0.907. The molecule has 0 spiro atoms. The first-order valence-corrected chi connectivity index (χ1v) is 4.44. The van der Waals surface area contributed by atoms with Crippen LogP contribution in [0.1, 0.15) is 29.9 Å². The topological polar surface area (TPSA) is 70.2 Å². The summed E-state index contributed by atoms with van der Waals surface area (Å²) in [5.41, 5.74) is 1.11. The molecule has 0 bridgehead atoms. The fourth-order valence-corrected chi connectivity index (χ4v) is 1.18. The molecule has 1 heterocycles. The number of ketones is 1. The second-order valence-electron chi connectivity index (χ2n) is 3.50. The number of aliphatic carboxylic acids is 1. The van der Waals surface area contributed by atoms with Gasteiger partial charge in [0.1, 0.15) is 0 Å². The van der Waals surface area contributed by atoms with Gasteiger partial charge in [-0.15, -0.1) is 0 Å². The molecule has 0 unspecified atom stereocenters. The normalized spacial score (nSPS) is 10.5. The Kier molecular flexibility index (Phi) is 3.06. The monoisotopic (exact) mass is 195 g/mol. The Morgan fingerprint density at radius 1 is 1.50 bits per heavy atom. The van der Waals surface area contributed by atoms with Crippen LogP contribution in [0.4, 0.5) is 0 Å². The van der Waals surface area contributed by atoms with Crippen molar-refractivity contribution < 1.29 is 14.7 Å². The van der Waals surface area contributed by atoms with Crippen molar-refractivity contribution in [2.24, 2.45) is 5.92 Å². The predicted molar refractivity (Wildman–Crippen MR) is 51.3 cm³/mol. The Morgan fingerprint density at radius 3 is 2.64 bits per heavy atom. The number of carboxylic acid groups (broad SMARTS) is 1. The van der Waals surface area contributed by atoms with E-state index in [0.717, 1.165) is 0 Å². The van der Waals surface area contributed by atoms with Crippen LogP contribution in [0.15, 0.2) is 12.3 Å². The molecule has 2 N–H and O–H groups in total. The van der Waals surface area contributed by atoms with E-state index in [4.69, 9.17) is 5.11 Å². The van der Waals surface area contributed by atoms with Gasteiger partial charge in [-0.3, -0.25) is 9.59 Å². The second kappa shape index (κ2) is 4.09. The summed E-state index contributed by atoms with van der Waals surface area (Å²) in [5.74, 6) is -0.947. The highest BCUT2D eigenvalue weighted by atomic mass is 16.4. The van der Waals surface area contributed by atoms with Gasteiger partial charge in [0.15, 0.2) is 5.78 Å². The number of rotatable bonds is 4. The average molecular weight is 195 g/mol. The minimum absolute atomic E-state index is 0.0258. The van der Waals surface area contributed by atoms with E-state index in [1.807, 2.05) is 13.8 Å². The van der Waals surface area contributed by atoms with Crippen LogP contribution >= 0.6 is 0 Å². The van der Waals surface area contributed by atoms with Gasteiger partial charge in [0.05, 0.1) is 6.42 Å². The van der Waals surface area contributed by atoms with E-state index in [2.05, 4.69) is 4.98 Å². The van der Waals surface area contributed by atoms with Crippen LogP contribution in [0.2, 0.25) is 0 Å². The third-order valence-electron chi connectivity index (χ3n) is 1.89. The number of carbonyl (C=O) groups is 2. The number of hydrogen-bond donors (Lipinski definition) is 2. The highest BCUT2D eigenvalue weighted by Crippen LogP contribution is 2.10. The number of H-pyrrole nitrogens is 1. The van der Waals surface area contributed by atoms with Gasteiger partial charge in [-0.25, -0.2) is 0 Å². The van der Waals surface area contributed by atoms with Crippen LogP contribution in [0, 0.1) is 5.92 Å². The third kappa shape index (κ3) is 2.45. The Bertz CT molecular complexity index is 352. The van der Waals surface area contributed by atoms with E-state index >= 15 is 0 Å². The van der Waals surface area contributed by atoms with Crippen LogP contribution in [0.25, 0.3) is 0 Å². The summed E-state index contributed by atoms with van der Waals surface area (Å²) in [6, 6.07) is 1.59. The SMILES string of the molecule is CC(C)C(=O)c1c[nH]c(CC(=O)O)c1. The maximum Gasteiger partial charge on any atom is 0.309 e. The molecule has 1 aromatic heterocycles. The highest BCUT2D eigenvalue weighted by Gasteiger charge is 2.12. The average Bonchev–Trinajstić information content (AvgIpc) is 2.50. The summed E-state index contributed by atoms with van der Waals surface area (Å²) in [5, 5.41) is 8.52. The zero-order chi connectivity index (χ0) is 10.7. The quantitative estimate of drug-likeness (QED) is 0.715. The lowest BCUT2D eigenvalue weighted by molar-refractivity contribution is -0.136. The van der Waals surface area contributed by atoms with Gasteiger partial charge in [-0.05, 0) is 6.07 Å². The molecule has 4 nitrogen and oxygen atoms in total. The first-order chi connectivity index (χ1) is 6.50. The summed E-state index contributed by atoms with van der Waals surface area (Å²) < 4.78 is 0. The van der Waals surface area contributed by atoms with E-state index < -0.39 is 5.97 Å². The summed E-state index contributed by atoms with van der Waals surface area (Å²) in [6.07, 6.45) is 1.48. The molecule has 76 valence electrons. The van der Waals surface area contributed by atoms with Crippen molar-refractivity contribution >= 4 is 11.8 Å². The molecular formula is C10H13NO3.